The molecule has 1 atom stereocenters. The number of fused-ring (bicyclic) bond motifs is 1. The molecule has 1 N–H and O–H groups in total. The molecule has 1 aliphatic rings. The molecule has 9 nitrogen and oxygen atoms in total. The third-order valence-electron chi connectivity index (χ3n) is 5.18. The van der Waals surface area contributed by atoms with Crippen molar-refractivity contribution in [2.75, 3.05) is 37.5 Å². The molecule has 4 rings (SSSR count). The van der Waals surface area contributed by atoms with Crippen LogP contribution in [0.3, 0.4) is 0 Å². The Morgan fingerprint density at radius 2 is 2.14 bits per heavy atom. The van der Waals surface area contributed by atoms with Crippen molar-refractivity contribution < 1.29 is 18.8 Å². The monoisotopic (exact) mass is 397 g/mol. The van der Waals surface area contributed by atoms with Gasteiger partial charge in [-0.1, -0.05) is 5.16 Å². The molecule has 3 heterocycles. The van der Waals surface area contributed by atoms with Crippen molar-refractivity contribution in [3.63, 3.8) is 0 Å². The fourth-order valence-corrected chi connectivity index (χ4v) is 3.67. The van der Waals surface area contributed by atoms with Crippen molar-refractivity contribution in [1.82, 2.24) is 15.1 Å². The number of aryl methyl sites for hydroxylation is 1. The molecule has 3 aromatic rings. The van der Waals surface area contributed by atoms with E-state index in [2.05, 4.69) is 25.3 Å². The Labute approximate surface area is 168 Å². The van der Waals surface area contributed by atoms with Gasteiger partial charge in [0.05, 0.1) is 31.5 Å². The molecule has 1 aromatic carbocycles. The van der Waals surface area contributed by atoms with Crippen molar-refractivity contribution >= 4 is 28.5 Å². The zero-order valence-corrected chi connectivity index (χ0v) is 16.6. The van der Waals surface area contributed by atoms with Gasteiger partial charge in [-0.25, -0.2) is 4.98 Å². The van der Waals surface area contributed by atoms with Crippen molar-refractivity contribution in [1.29, 1.82) is 0 Å². The van der Waals surface area contributed by atoms with Crippen LogP contribution in [0.4, 0.5) is 11.5 Å². The molecule has 1 amide bonds. The normalized spacial score (nSPS) is 16.7. The lowest BCUT2D eigenvalue weighted by Gasteiger charge is -2.33. The zero-order valence-electron chi connectivity index (χ0n) is 16.6. The minimum Gasteiger partial charge on any atom is -0.497 e. The number of nitrogens with zero attached hydrogens (tertiary/aromatic N) is 4. The van der Waals surface area contributed by atoms with Gasteiger partial charge in [-0.2, -0.15) is 4.98 Å². The second-order valence-electron chi connectivity index (χ2n) is 6.99. The van der Waals surface area contributed by atoms with E-state index in [0.29, 0.717) is 29.4 Å². The Kier molecular flexibility index (Phi) is 5.20. The number of hydrogen-bond acceptors (Lipinski definition) is 8. The highest BCUT2D eigenvalue weighted by atomic mass is 16.5. The van der Waals surface area contributed by atoms with Crippen molar-refractivity contribution in [2.45, 2.75) is 19.8 Å². The van der Waals surface area contributed by atoms with Crippen molar-refractivity contribution in [3.8, 4) is 11.5 Å². The fraction of sp³-hybridized carbons (Fsp3) is 0.400. The lowest BCUT2D eigenvalue weighted by atomic mass is 9.96. The summed E-state index contributed by atoms with van der Waals surface area (Å²) in [5, 5.41) is 7.77. The van der Waals surface area contributed by atoms with Gasteiger partial charge in [-0.05, 0) is 31.9 Å². The summed E-state index contributed by atoms with van der Waals surface area (Å²) in [4.78, 5) is 23.7. The van der Waals surface area contributed by atoms with Gasteiger partial charge in [0.1, 0.15) is 29.0 Å². The number of ether oxygens (including phenoxy) is 2. The Balaban J connectivity index is 1.54. The highest BCUT2D eigenvalue weighted by Gasteiger charge is 2.29. The fourth-order valence-electron chi connectivity index (χ4n) is 3.67. The first-order chi connectivity index (χ1) is 14.1. The summed E-state index contributed by atoms with van der Waals surface area (Å²) in [7, 11) is 3.16. The van der Waals surface area contributed by atoms with Gasteiger partial charge >= 0.3 is 0 Å². The SMILES string of the molecule is COc1ccc(OC)c(NC(=O)[C@@H]2CCCN(c3ncnc4onc(C)c34)C2)c1. The van der Waals surface area contributed by atoms with Crippen molar-refractivity contribution in [2.24, 2.45) is 5.92 Å². The second-order valence-corrected chi connectivity index (χ2v) is 6.99. The summed E-state index contributed by atoms with van der Waals surface area (Å²) in [5.41, 5.74) is 1.79. The van der Waals surface area contributed by atoms with E-state index in [9.17, 15) is 4.79 Å². The Morgan fingerprint density at radius 1 is 1.28 bits per heavy atom. The lowest BCUT2D eigenvalue weighted by Crippen LogP contribution is -2.41. The summed E-state index contributed by atoms with van der Waals surface area (Å²) in [6.07, 6.45) is 3.14. The molecule has 9 heteroatoms. The highest BCUT2D eigenvalue weighted by Crippen LogP contribution is 2.32. The third-order valence-corrected chi connectivity index (χ3v) is 5.18. The third kappa shape index (κ3) is 3.67. The maximum atomic E-state index is 13.0. The minimum atomic E-state index is -0.190. The molecule has 152 valence electrons. The maximum absolute atomic E-state index is 13.0. The van der Waals surface area contributed by atoms with Crippen LogP contribution in [-0.2, 0) is 4.79 Å². The van der Waals surface area contributed by atoms with E-state index in [4.69, 9.17) is 14.0 Å². The predicted octanol–water partition coefficient (Wildman–Crippen LogP) is 2.80. The molecule has 2 aromatic heterocycles. The van der Waals surface area contributed by atoms with Crippen LogP contribution in [0.2, 0.25) is 0 Å². The smallest absolute Gasteiger partial charge is 0.263 e. The first-order valence-corrected chi connectivity index (χ1v) is 9.45. The van der Waals surface area contributed by atoms with Crippen molar-refractivity contribution in [3.05, 3.63) is 30.2 Å². The van der Waals surface area contributed by atoms with Gasteiger partial charge < -0.3 is 24.2 Å². The van der Waals surface area contributed by atoms with E-state index in [0.717, 1.165) is 36.3 Å². The topological polar surface area (TPSA) is 103 Å². The molecule has 1 fully saturated rings. The Hall–Kier alpha value is -3.36. The molecule has 0 unspecified atom stereocenters. The number of carbonyl (C=O) groups is 1. The molecule has 1 aliphatic heterocycles. The van der Waals surface area contributed by atoms with Gasteiger partial charge in [0.2, 0.25) is 5.91 Å². The summed E-state index contributed by atoms with van der Waals surface area (Å²) >= 11 is 0. The number of methoxy groups -OCH3 is 2. The predicted molar refractivity (Wildman–Crippen MR) is 107 cm³/mol. The first-order valence-electron chi connectivity index (χ1n) is 9.45. The average molecular weight is 397 g/mol. The molecule has 0 bridgehead atoms. The summed E-state index contributed by atoms with van der Waals surface area (Å²) in [6, 6.07) is 5.32. The number of amides is 1. The number of rotatable bonds is 5. The number of hydrogen-bond donors (Lipinski definition) is 1. The van der Waals surface area contributed by atoms with E-state index in [-0.39, 0.29) is 11.8 Å². The summed E-state index contributed by atoms with van der Waals surface area (Å²) < 4.78 is 15.9. The Bertz CT molecular complexity index is 1030. The van der Waals surface area contributed by atoms with Crippen LogP contribution in [0.1, 0.15) is 18.5 Å². The first kappa shape index (κ1) is 19.0. The quantitative estimate of drug-likeness (QED) is 0.701. The molecule has 0 saturated carbocycles. The van der Waals surface area contributed by atoms with Gasteiger partial charge in [-0.15, -0.1) is 0 Å². The van der Waals surface area contributed by atoms with Gasteiger partial charge in [0.15, 0.2) is 0 Å². The molecule has 1 saturated heterocycles. The number of aromatic nitrogens is 3. The number of anilines is 2. The molecule has 0 spiro atoms. The van der Waals surface area contributed by atoms with Gasteiger partial charge in [0, 0.05) is 19.2 Å². The van der Waals surface area contributed by atoms with E-state index >= 15 is 0 Å². The minimum absolute atomic E-state index is 0.0615. The van der Waals surface area contributed by atoms with Crippen LogP contribution in [0.15, 0.2) is 29.0 Å². The lowest BCUT2D eigenvalue weighted by molar-refractivity contribution is -0.120. The number of piperidine rings is 1. The van der Waals surface area contributed by atoms with Crippen LogP contribution >= 0.6 is 0 Å². The zero-order chi connectivity index (χ0) is 20.4. The average Bonchev–Trinajstić information content (AvgIpc) is 3.15. The summed E-state index contributed by atoms with van der Waals surface area (Å²) in [6.45, 7) is 3.22. The highest BCUT2D eigenvalue weighted by molar-refractivity contribution is 5.95. The summed E-state index contributed by atoms with van der Waals surface area (Å²) in [5.74, 6) is 1.74. The van der Waals surface area contributed by atoms with E-state index < -0.39 is 0 Å². The van der Waals surface area contributed by atoms with Gasteiger partial charge in [0.25, 0.3) is 5.71 Å². The number of carbonyl (C=O) groups excluding carboxylic acids is 1. The van der Waals surface area contributed by atoms with Crippen LogP contribution in [0, 0.1) is 12.8 Å². The van der Waals surface area contributed by atoms with Crippen LogP contribution in [-0.4, -0.2) is 48.3 Å². The van der Waals surface area contributed by atoms with E-state index in [1.807, 2.05) is 6.92 Å². The number of benzene rings is 1. The Morgan fingerprint density at radius 3 is 2.93 bits per heavy atom. The van der Waals surface area contributed by atoms with E-state index in [1.54, 1.807) is 32.4 Å². The molecular weight excluding hydrogens is 374 g/mol. The van der Waals surface area contributed by atoms with Gasteiger partial charge in [-0.3, -0.25) is 4.79 Å². The van der Waals surface area contributed by atoms with E-state index in [1.165, 1.54) is 6.33 Å². The maximum Gasteiger partial charge on any atom is 0.263 e. The molecule has 0 radical (unpaired) electrons. The van der Waals surface area contributed by atoms with Crippen LogP contribution in [0.5, 0.6) is 11.5 Å². The molecular formula is C20H23N5O4. The largest absolute Gasteiger partial charge is 0.497 e. The molecule has 0 aliphatic carbocycles. The standard InChI is InChI=1S/C20H23N5O4/c1-12-17-18(21-11-22-20(17)29-24-12)25-8-4-5-13(10-25)19(26)23-15-9-14(27-2)6-7-16(15)28-3/h6-7,9,11,13H,4-5,8,10H2,1-3H3,(H,23,26)/t13-/m1/s1. The van der Waals surface area contributed by atoms with Crippen LogP contribution in [0.25, 0.3) is 11.1 Å². The van der Waals surface area contributed by atoms with Crippen LogP contribution < -0.4 is 19.7 Å². The second kappa shape index (κ2) is 7.94. The molecule has 29 heavy (non-hydrogen) atoms. The number of nitrogens with one attached hydrogen (secondary N) is 1.